The fourth-order valence-electron chi connectivity index (χ4n) is 1.38. The number of hydrogen-bond acceptors (Lipinski definition) is 5. The number of oxime groups is 1. The first kappa shape index (κ1) is 10.6. The highest BCUT2D eigenvalue weighted by atomic mass is 32.1. The third-order valence-corrected chi connectivity index (χ3v) is 3.25. The van der Waals surface area contributed by atoms with Crippen molar-refractivity contribution in [1.82, 2.24) is 0 Å². The summed E-state index contributed by atoms with van der Waals surface area (Å²) in [6.07, 6.45) is 0.607. The van der Waals surface area contributed by atoms with Crippen LogP contribution in [-0.4, -0.2) is 17.4 Å². The molecule has 0 radical (unpaired) electrons. The molecule has 0 N–H and O–H groups in total. The van der Waals surface area contributed by atoms with Gasteiger partial charge < -0.3 is 9.57 Å². The van der Waals surface area contributed by atoms with Gasteiger partial charge in [-0.25, -0.2) is 0 Å². The fourth-order valence-corrected chi connectivity index (χ4v) is 2.49. The summed E-state index contributed by atoms with van der Waals surface area (Å²) in [5.74, 6) is 0.882. The van der Waals surface area contributed by atoms with Gasteiger partial charge in [0.15, 0.2) is 0 Å². The van der Waals surface area contributed by atoms with Crippen LogP contribution in [0.5, 0.6) is 5.75 Å². The minimum atomic E-state index is 0.526. The van der Waals surface area contributed by atoms with E-state index in [1.165, 1.54) is 4.88 Å². The molecule has 1 aliphatic heterocycles. The van der Waals surface area contributed by atoms with Crippen molar-refractivity contribution in [3.05, 3.63) is 15.8 Å². The summed E-state index contributed by atoms with van der Waals surface area (Å²) < 4.78 is 5.54. The van der Waals surface area contributed by atoms with Gasteiger partial charge in [-0.2, -0.15) is 0 Å². The maximum Gasteiger partial charge on any atom is 0.204 e. The highest BCUT2D eigenvalue weighted by Gasteiger charge is 2.21. The number of hydrogen-bond donors (Lipinski definition) is 0. The zero-order chi connectivity index (χ0) is 10.8. The van der Waals surface area contributed by atoms with Crippen molar-refractivity contribution in [2.24, 2.45) is 5.16 Å². The van der Waals surface area contributed by atoms with Gasteiger partial charge in [-0.1, -0.05) is 5.16 Å². The van der Waals surface area contributed by atoms with Gasteiger partial charge in [0.25, 0.3) is 0 Å². The Kier molecular flexibility index (Phi) is 3.02. The molecule has 0 amide bonds. The molecule has 0 saturated heterocycles. The Morgan fingerprint density at radius 2 is 2.47 bits per heavy atom. The lowest BCUT2D eigenvalue weighted by Gasteiger charge is -2.01. The first-order chi connectivity index (χ1) is 7.20. The average Bonchev–Trinajstić information content (AvgIpc) is 2.73. The molecule has 1 aliphatic rings. The molecule has 1 aromatic rings. The highest BCUT2D eigenvalue weighted by Crippen LogP contribution is 2.32. The van der Waals surface area contributed by atoms with E-state index in [9.17, 15) is 0 Å². The Labute approximate surface area is 97.7 Å². The predicted octanol–water partition coefficient (Wildman–Crippen LogP) is 2.91. The van der Waals surface area contributed by atoms with Crippen LogP contribution in [0.15, 0.2) is 11.2 Å². The quantitative estimate of drug-likeness (QED) is 0.762. The van der Waals surface area contributed by atoms with E-state index in [0.717, 1.165) is 16.3 Å². The third-order valence-electron chi connectivity index (χ3n) is 1.95. The summed E-state index contributed by atoms with van der Waals surface area (Å²) in [6.45, 7) is 4.67. The van der Waals surface area contributed by atoms with Crippen molar-refractivity contribution in [2.45, 2.75) is 20.3 Å². The van der Waals surface area contributed by atoms with Crippen LogP contribution in [0, 0.1) is 6.92 Å². The zero-order valence-corrected chi connectivity index (χ0v) is 10.2. The van der Waals surface area contributed by atoms with Crippen LogP contribution < -0.4 is 4.74 Å². The van der Waals surface area contributed by atoms with E-state index >= 15 is 0 Å². The minimum Gasteiger partial charge on any atom is -0.492 e. The van der Waals surface area contributed by atoms with E-state index < -0.39 is 0 Å². The molecule has 2 heterocycles. The summed E-state index contributed by atoms with van der Waals surface area (Å²) in [7, 11) is 0. The second-order valence-corrected chi connectivity index (χ2v) is 4.87. The molecule has 1 aromatic heterocycles. The number of nitrogens with zero attached hydrogens (tertiary/aromatic N) is 1. The molecule has 15 heavy (non-hydrogen) atoms. The van der Waals surface area contributed by atoms with E-state index in [-0.39, 0.29) is 0 Å². The van der Waals surface area contributed by atoms with Crippen LogP contribution in [0.25, 0.3) is 0 Å². The normalized spacial score (nSPS) is 15.1. The van der Waals surface area contributed by atoms with Gasteiger partial charge in [0.05, 0.1) is 17.9 Å². The maximum absolute atomic E-state index is 5.54. The van der Waals surface area contributed by atoms with Gasteiger partial charge in [0, 0.05) is 4.88 Å². The van der Waals surface area contributed by atoms with Crippen LogP contribution in [0.4, 0.5) is 0 Å². The van der Waals surface area contributed by atoms with Crippen LogP contribution in [-0.2, 0) is 4.84 Å². The number of ether oxygens (including phenoxy) is 1. The van der Waals surface area contributed by atoms with Crippen molar-refractivity contribution in [1.29, 1.82) is 0 Å². The van der Waals surface area contributed by atoms with E-state index in [0.29, 0.717) is 18.1 Å². The van der Waals surface area contributed by atoms with E-state index in [1.54, 1.807) is 11.3 Å². The van der Waals surface area contributed by atoms with Crippen LogP contribution >= 0.6 is 23.6 Å². The number of aryl methyl sites for hydroxylation is 1. The Morgan fingerprint density at radius 1 is 1.67 bits per heavy atom. The van der Waals surface area contributed by atoms with E-state index in [1.807, 2.05) is 19.9 Å². The Morgan fingerprint density at radius 3 is 3.07 bits per heavy atom. The SMILES string of the molecule is CCOc1cc(C)sc1C1=NOC(=S)C1. The van der Waals surface area contributed by atoms with Gasteiger partial charge in [-0.15, -0.1) is 11.3 Å². The van der Waals surface area contributed by atoms with Crippen LogP contribution in [0.1, 0.15) is 23.1 Å². The Bertz CT molecular complexity index is 423. The largest absolute Gasteiger partial charge is 0.492 e. The molecule has 0 unspecified atom stereocenters. The molecule has 0 atom stereocenters. The van der Waals surface area contributed by atoms with Gasteiger partial charge in [-0.05, 0) is 32.1 Å². The number of thiophene rings is 1. The van der Waals surface area contributed by atoms with Gasteiger partial charge >= 0.3 is 0 Å². The zero-order valence-electron chi connectivity index (χ0n) is 8.57. The van der Waals surface area contributed by atoms with Gasteiger partial charge in [0.1, 0.15) is 11.5 Å². The third kappa shape index (κ3) is 2.18. The molecular weight excluding hydrogens is 230 g/mol. The molecule has 3 nitrogen and oxygen atoms in total. The highest BCUT2D eigenvalue weighted by molar-refractivity contribution is 7.80. The van der Waals surface area contributed by atoms with Gasteiger partial charge in [0.2, 0.25) is 5.05 Å². The predicted molar refractivity (Wildman–Crippen MR) is 65.1 cm³/mol. The minimum absolute atomic E-state index is 0.526. The molecule has 2 rings (SSSR count). The molecule has 0 aliphatic carbocycles. The second-order valence-electron chi connectivity index (χ2n) is 3.16. The fraction of sp³-hybridized carbons (Fsp3) is 0.400. The molecule has 0 bridgehead atoms. The summed E-state index contributed by atoms with van der Waals surface area (Å²) in [4.78, 5) is 7.17. The standard InChI is InChI=1S/C10H11NO2S2/c1-3-12-8-4-6(2)15-10(8)7-5-9(14)13-11-7/h4H,3,5H2,1-2H3. The molecule has 0 saturated carbocycles. The summed E-state index contributed by atoms with van der Waals surface area (Å²) in [5.41, 5.74) is 0.876. The first-order valence-corrected chi connectivity index (χ1v) is 5.93. The van der Waals surface area contributed by atoms with E-state index in [4.69, 9.17) is 21.8 Å². The molecular formula is C10H11NO2S2. The molecule has 0 fully saturated rings. The average molecular weight is 241 g/mol. The van der Waals surface area contributed by atoms with Gasteiger partial charge in [-0.3, -0.25) is 0 Å². The molecule has 0 aromatic carbocycles. The lowest BCUT2D eigenvalue weighted by Crippen LogP contribution is -2.00. The Hall–Kier alpha value is -0.940. The summed E-state index contributed by atoms with van der Waals surface area (Å²) in [6, 6.07) is 2.02. The number of thiocarbonyl (C=S) groups is 1. The van der Waals surface area contributed by atoms with E-state index in [2.05, 4.69) is 5.16 Å². The maximum atomic E-state index is 5.54. The van der Waals surface area contributed by atoms with Crippen molar-refractivity contribution in [3.8, 4) is 5.75 Å². The molecule has 80 valence electrons. The van der Waals surface area contributed by atoms with Crippen molar-refractivity contribution < 1.29 is 9.57 Å². The van der Waals surface area contributed by atoms with Crippen molar-refractivity contribution in [3.63, 3.8) is 0 Å². The smallest absolute Gasteiger partial charge is 0.204 e. The topological polar surface area (TPSA) is 30.8 Å². The molecule has 5 heteroatoms. The summed E-state index contributed by atoms with van der Waals surface area (Å²) >= 11 is 6.60. The lowest BCUT2D eigenvalue weighted by molar-refractivity contribution is 0.339. The first-order valence-electron chi connectivity index (χ1n) is 4.71. The number of rotatable bonds is 3. The van der Waals surface area contributed by atoms with Crippen molar-refractivity contribution >= 4 is 34.3 Å². The Balaban J connectivity index is 2.30. The second kappa shape index (κ2) is 4.28. The van der Waals surface area contributed by atoms with Crippen LogP contribution in [0.2, 0.25) is 0 Å². The van der Waals surface area contributed by atoms with Crippen molar-refractivity contribution in [2.75, 3.05) is 6.61 Å². The summed E-state index contributed by atoms with van der Waals surface area (Å²) in [5, 5.41) is 4.48. The lowest BCUT2D eigenvalue weighted by atomic mass is 10.2. The monoisotopic (exact) mass is 241 g/mol. The van der Waals surface area contributed by atoms with Crippen LogP contribution in [0.3, 0.4) is 0 Å². The molecule has 0 spiro atoms.